The molecule has 0 unspecified atom stereocenters. The van der Waals surface area contributed by atoms with Crippen molar-refractivity contribution in [2.75, 3.05) is 39.8 Å². The number of amides is 1. The van der Waals surface area contributed by atoms with Crippen LogP contribution in [-0.2, 0) is 22.6 Å². The van der Waals surface area contributed by atoms with E-state index in [4.69, 9.17) is 4.74 Å². The average Bonchev–Trinajstić information content (AvgIpc) is 3.44. The number of hydrogen-bond donors (Lipinski definition) is 1. The summed E-state index contributed by atoms with van der Waals surface area (Å²) in [7, 11) is 2.18. The number of carbonyl (C=O) groups excluding carboxylic acids is 1. The third kappa shape index (κ3) is 6.10. The Morgan fingerprint density at radius 2 is 1.96 bits per heavy atom. The Morgan fingerprint density at radius 3 is 2.68 bits per heavy atom. The van der Waals surface area contributed by atoms with Crippen LogP contribution in [0.3, 0.4) is 0 Å². The van der Waals surface area contributed by atoms with Crippen molar-refractivity contribution < 1.29 is 9.53 Å². The van der Waals surface area contributed by atoms with E-state index >= 15 is 0 Å². The second kappa shape index (κ2) is 8.79. The lowest BCUT2D eigenvalue weighted by molar-refractivity contribution is -0.132. The first-order valence-electron chi connectivity index (χ1n) is 9.48. The third-order valence-electron chi connectivity index (χ3n) is 5.11. The number of nitrogens with zero attached hydrogens (tertiary/aromatic N) is 2. The number of likely N-dealkylation sites (N-methyl/N-ethyl adjacent to an activating group) is 1. The van der Waals surface area contributed by atoms with E-state index < -0.39 is 0 Å². The molecular weight excluding hydrogens is 314 g/mol. The molecule has 0 aromatic heterocycles. The van der Waals surface area contributed by atoms with Crippen molar-refractivity contribution in [1.29, 1.82) is 0 Å². The smallest absolute Gasteiger partial charge is 0.249 e. The van der Waals surface area contributed by atoms with Crippen LogP contribution in [0, 0.1) is 5.92 Å². The molecule has 0 bridgehead atoms. The lowest BCUT2D eigenvalue weighted by atomic mass is 10.1. The van der Waals surface area contributed by atoms with Crippen molar-refractivity contribution in [3.05, 3.63) is 35.4 Å². The zero-order valence-electron chi connectivity index (χ0n) is 15.5. The van der Waals surface area contributed by atoms with Crippen LogP contribution >= 0.6 is 0 Å². The fourth-order valence-electron chi connectivity index (χ4n) is 3.08. The molecule has 1 aromatic rings. The van der Waals surface area contributed by atoms with Crippen molar-refractivity contribution in [3.63, 3.8) is 0 Å². The summed E-state index contributed by atoms with van der Waals surface area (Å²) < 4.78 is 5.63. The molecule has 1 aliphatic carbocycles. The Kier molecular flexibility index (Phi) is 6.45. The van der Waals surface area contributed by atoms with E-state index in [2.05, 4.69) is 46.4 Å². The SMILES string of the molecule is C[C@H](OCC1CC1)C(=O)NCc1cccc(CN2CCN(C)CC2)c1. The van der Waals surface area contributed by atoms with Gasteiger partial charge in [0.15, 0.2) is 0 Å². The number of rotatable bonds is 8. The molecule has 1 aromatic carbocycles. The molecule has 1 saturated carbocycles. The van der Waals surface area contributed by atoms with Crippen molar-refractivity contribution in [2.24, 2.45) is 5.92 Å². The lowest BCUT2D eigenvalue weighted by Gasteiger charge is -2.32. The predicted molar refractivity (Wildman–Crippen MR) is 99.2 cm³/mol. The Balaban J connectivity index is 1.43. The van der Waals surface area contributed by atoms with Gasteiger partial charge in [-0.15, -0.1) is 0 Å². The highest BCUT2D eigenvalue weighted by Gasteiger charge is 2.24. The Bertz CT molecular complexity index is 566. The summed E-state index contributed by atoms with van der Waals surface area (Å²) >= 11 is 0. The van der Waals surface area contributed by atoms with Crippen molar-refractivity contribution in [3.8, 4) is 0 Å². The van der Waals surface area contributed by atoms with Gasteiger partial charge in [-0.1, -0.05) is 24.3 Å². The zero-order chi connectivity index (χ0) is 17.6. The van der Waals surface area contributed by atoms with E-state index in [0.717, 1.165) is 44.9 Å². The maximum Gasteiger partial charge on any atom is 0.249 e. The molecule has 1 amide bonds. The van der Waals surface area contributed by atoms with E-state index in [-0.39, 0.29) is 12.0 Å². The van der Waals surface area contributed by atoms with Crippen LogP contribution in [0.5, 0.6) is 0 Å². The van der Waals surface area contributed by atoms with Gasteiger partial charge in [0.25, 0.3) is 0 Å². The summed E-state index contributed by atoms with van der Waals surface area (Å²) in [4.78, 5) is 17.0. The predicted octanol–water partition coefficient (Wildman–Crippen LogP) is 1.87. The van der Waals surface area contributed by atoms with Crippen LogP contribution in [0.25, 0.3) is 0 Å². The number of ether oxygens (including phenoxy) is 1. The molecule has 5 heteroatoms. The summed E-state index contributed by atoms with van der Waals surface area (Å²) in [6.07, 6.45) is 2.12. The van der Waals surface area contributed by atoms with Crippen molar-refractivity contribution >= 4 is 5.91 Å². The summed E-state index contributed by atoms with van der Waals surface area (Å²) in [5.41, 5.74) is 2.46. The molecule has 5 nitrogen and oxygen atoms in total. The fourth-order valence-corrected chi connectivity index (χ4v) is 3.08. The van der Waals surface area contributed by atoms with Gasteiger partial charge >= 0.3 is 0 Å². The molecule has 0 spiro atoms. The maximum absolute atomic E-state index is 12.1. The highest BCUT2D eigenvalue weighted by atomic mass is 16.5. The minimum Gasteiger partial charge on any atom is -0.368 e. The molecule has 138 valence electrons. The first-order valence-corrected chi connectivity index (χ1v) is 9.48. The average molecular weight is 345 g/mol. The topological polar surface area (TPSA) is 44.8 Å². The minimum absolute atomic E-state index is 0.0230. The summed E-state index contributed by atoms with van der Waals surface area (Å²) in [6, 6.07) is 8.53. The third-order valence-corrected chi connectivity index (χ3v) is 5.11. The van der Waals surface area contributed by atoms with Crippen LogP contribution < -0.4 is 5.32 Å². The fraction of sp³-hybridized carbons (Fsp3) is 0.650. The van der Waals surface area contributed by atoms with Gasteiger partial charge < -0.3 is 15.0 Å². The summed E-state index contributed by atoms with van der Waals surface area (Å²) in [5.74, 6) is 0.659. The lowest BCUT2D eigenvalue weighted by Crippen LogP contribution is -2.43. The number of nitrogens with one attached hydrogen (secondary N) is 1. The molecule has 0 radical (unpaired) electrons. The van der Waals surface area contributed by atoms with E-state index in [1.165, 1.54) is 18.4 Å². The first-order chi connectivity index (χ1) is 12.1. The Hall–Kier alpha value is -1.43. The van der Waals surface area contributed by atoms with E-state index in [1.54, 1.807) is 0 Å². The zero-order valence-corrected chi connectivity index (χ0v) is 15.5. The maximum atomic E-state index is 12.1. The first kappa shape index (κ1) is 18.4. The van der Waals surface area contributed by atoms with Gasteiger partial charge in [-0.05, 0) is 43.9 Å². The van der Waals surface area contributed by atoms with Crippen molar-refractivity contribution in [1.82, 2.24) is 15.1 Å². The number of piperazine rings is 1. The van der Waals surface area contributed by atoms with Gasteiger partial charge in [-0.2, -0.15) is 0 Å². The summed E-state index contributed by atoms with van der Waals surface area (Å²) in [6.45, 7) is 8.60. The van der Waals surface area contributed by atoms with E-state index in [9.17, 15) is 4.79 Å². The molecular formula is C20H31N3O2. The highest BCUT2D eigenvalue weighted by Crippen LogP contribution is 2.29. The molecule has 1 aliphatic heterocycles. The Labute approximate surface area is 151 Å². The number of benzene rings is 1. The van der Waals surface area contributed by atoms with Gasteiger partial charge in [0.05, 0.1) is 6.61 Å². The molecule has 1 heterocycles. The minimum atomic E-state index is -0.367. The molecule has 2 fully saturated rings. The van der Waals surface area contributed by atoms with Crippen LogP contribution in [0.15, 0.2) is 24.3 Å². The number of carbonyl (C=O) groups is 1. The molecule has 1 N–H and O–H groups in total. The van der Waals surface area contributed by atoms with Crippen molar-refractivity contribution in [2.45, 2.75) is 39.0 Å². The van der Waals surface area contributed by atoms with Gasteiger partial charge in [0.1, 0.15) is 6.10 Å². The van der Waals surface area contributed by atoms with Gasteiger partial charge in [-0.3, -0.25) is 9.69 Å². The standard InChI is InChI=1S/C20H31N3O2/c1-16(25-15-17-6-7-17)20(24)21-13-18-4-3-5-19(12-18)14-23-10-8-22(2)9-11-23/h3-5,12,16-17H,6-11,13-15H2,1-2H3,(H,21,24)/t16-/m0/s1. The molecule has 1 saturated heterocycles. The van der Waals surface area contributed by atoms with Crippen LogP contribution in [-0.4, -0.2) is 61.6 Å². The quantitative estimate of drug-likeness (QED) is 0.781. The van der Waals surface area contributed by atoms with Gasteiger partial charge in [-0.25, -0.2) is 0 Å². The van der Waals surface area contributed by atoms with E-state index in [1.807, 2.05) is 6.92 Å². The molecule has 3 rings (SSSR count). The van der Waals surface area contributed by atoms with Crippen LogP contribution in [0.1, 0.15) is 30.9 Å². The number of hydrogen-bond acceptors (Lipinski definition) is 4. The normalized spacial score (nSPS) is 20.4. The Morgan fingerprint density at radius 1 is 1.24 bits per heavy atom. The summed E-state index contributed by atoms with van der Waals surface area (Å²) in [5, 5.41) is 3.00. The largest absolute Gasteiger partial charge is 0.368 e. The molecule has 2 aliphatic rings. The molecule has 25 heavy (non-hydrogen) atoms. The monoisotopic (exact) mass is 345 g/mol. The highest BCUT2D eigenvalue weighted by molar-refractivity contribution is 5.80. The second-order valence-electron chi connectivity index (χ2n) is 7.54. The molecule has 1 atom stereocenters. The second-order valence-corrected chi connectivity index (χ2v) is 7.54. The van der Waals surface area contributed by atoms with Gasteiger partial charge in [0, 0.05) is 39.3 Å². The van der Waals surface area contributed by atoms with Gasteiger partial charge in [0.2, 0.25) is 5.91 Å². The van der Waals surface area contributed by atoms with Crippen LogP contribution in [0.4, 0.5) is 0 Å². The van der Waals surface area contributed by atoms with Crippen LogP contribution in [0.2, 0.25) is 0 Å². The van der Waals surface area contributed by atoms with E-state index in [0.29, 0.717) is 12.5 Å².